The van der Waals surface area contributed by atoms with E-state index >= 15 is 0 Å². The van der Waals surface area contributed by atoms with Gasteiger partial charge in [0.1, 0.15) is 29.8 Å². The van der Waals surface area contributed by atoms with Gasteiger partial charge in [0.2, 0.25) is 0 Å². The van der Waals surface area contributed by atoms with E-state index in [2.05, 4.69) is 22.9 Å². The van der Waals surface area contributed by atoms with E-state index in [1.54, 1.807) is 38.1 Å². The number of aliphatic hydroxyl groups is 2. The molecule has 2 heterocycles. The van der Waals surface area contributed by atoms with Crippen molar-refractivity contribution in [2.45, 2.75) is 57.0 Å². The molecule has 0 spiro atoms. The standard InChI is InChI=1S/C24H29ClN3O8PS/c1-6-24(32)21(30)19(35-23(24)28-12-11-20(29)26-16(28)5)13-33-37(38,27-15(4)22(31)34-14(2)3)36-18-9-7-17(25)8-10-18/h1,7-12,14-15,19,21,23,30,32H,5,13H2,2-4H3,(H,26,29)(H,27,38)/t15-,19+,21+,23+,24+,37?/m0/s1. The average Bonchev–Trinajstić information content (AvgIpc) is 3.09. The Hall–Kier alpha value is -2.46. The number of nitrogens with zero attached hydrogens (tertiary/aromatic N) is 1. The van der Waals surface area contributed by atoms with Crippen LogP contribution in [0.1, 0.15) is 20.8 Å². The van der Waals surface area contributed by atoms with Crippen LogP contribution in [-0.2, 0) is 35.4 Å². The fourth-order valence-corrected chi connectivity index (χ4v) is 6.11. The molecule has 1 amide bonds. The number of esters is 1. The zero-order valence-electron chi connectivity index (χ0n) is 20.9. The van der Waals surface area contributed by atoms with Crippen molar-refractivity contribution in [3.63, 3.8) is 0 Å². The van der Waals surface area contributed by atoms with Gasteiger partial charge in [-0.2, -0.15) is 0 Å². The molecule has 2 aliphatic heterocycles. The van der Waals surface area contributed by atoms with Crippen LogP contribution in [-0.4, -0.2) is 69.8 Å². The van der Waals surface area contributed by atoms with Crippen LogP contribution < -0.4 is 14.9 Å². The zero-order valence-corrected chi connectivity index (χ0v) is 23.3. The van der Waals surface area contributed by atoms with Gasteiger partial charge in [0.15, 0.2) is 11.8 Å². The highest BCUT2D eigenvalue weighted by molar-refractivity contribution is 8.09. The minimum absolute atomic E-state index is 0.0836. The number of ether oxygens (including phenoxy) is 2. The first kappa shape index (κ1) is 30.1. The molecule has 1 fully saturated rings. The van der Waals surface area contributed by atoms with E-state index in [1.165, 1.54) is 24.1 Å². The van der Waals surface area contributed by atoms with E-state index < -0.39 is 48.6 Å². The third kappa shape index (κ3) is 6.94. The lowest BCUT2D eigenvalue weighted by Crippen LogP contribution is -2.54. The number of terminal acetylenes is 1. The van der Waals surface area contributed by atoms with E-state index in [9.17, 15) is 19.8 Å². The molecule has 0 saturated carbocycles. The monoisotopic (exact) mass is 585 g/mol. The summed E-state index contributed by atoms with van der Waals surface area (Å²) in [4.78, 5) is 25.3. The predicted octanol–water partition coefficient (Wildman–Crippen LogP) is 1.76. The van der Waals surface area contributed by atoms with Gasteiger partial charge in [-0.1, -0.05) is 24.1 Å². The summed E-state index contributed by atoms with van der Waals surface area (Å²) < 4.78 is 22.9. The van der Waals surface area contributed by atoms with Gasteiger partial charge in [-0.15, -0.1) is 6.42 Å². The molecule has 11 nitrogen and oxygen atoms in total. The smallest absolute Gasteiger partial charge is 0.323 e. The molecular weight excluding hydrogens is 557 g/mol. The molecule has 2 aliphatic rings. The van der Waals surface area contributed by atoms with Crippen LogP contribution >= 0.6 is 18.2 Å². The summed E-state index contributed by atoms with van der Waals surface area (Å²) in [5, 5.41) is 27.8. The maximum atomic E-state index is 12.4. The third-order valence-corrected chi connectivity index (χ3v) is 8.19. The number of hydrogen-bond acceptors (Lipinski definition) is 10. The Kier molecular flexibility index (Phi) is 9.62. The second-order valence-electron chi connectivity index (χ2n) is 8.78. The van der Waals surface area contributed by atoms with Crippen molar-refractivity contribution in [1.82, 2.24) is 15.3 Å². The van der Waals surface area contributed by atoms with Gasteiger partial charge >= 0.3 is 12.6 Å². The Bertz CT molecular complexity index is 1190. The first-order valence-electron chi connectivity index (χ1n) is 11.5. The fourth-order valence-electron chi connectivity index (χ4n) is 3.56. The first-order chi connectivity index (χ1) is 17.8. The number of amides is 1. The Morgan fingerprint density at radius 1 is 1.42 bits per heavy atom. The molecule has 0 aromatic heterocycles. The molecule has 1 aromatic rings. The molecule has 6 atom stereocenters. The summed E-state index contributed by atoms with van der Waals surface area (Å²) in [6, 6.07) is 5.41. The van der Waals surface area contributed by atoms with Crippen LogP contribution in [0.15, 0.2) is 48.9 Å². The minimum Gasteiger partial charge on any atom is -0.462 e. The Morgan fingerprint density at radius 2 is 2.08 bits per heavy atom. The topological polar surface area (TPSA) is 139 Å². The highest BCUT2D eigenvalue weighted by Crippen LogP contribution is 2.47. The van der Waals surface area contributed by atoms with Gasteiger partial charge in [0.05, 0.1) is 12.7 Å². The number of carbonyl (C=O) groups is 2. The van der Waals surface area contributed by atoms with Gasteiger partial charge in [0.25, 0.3) is 5.91 Å². The normalized spacial score (nSPS) is 27.4. The van der Waals surface area contributed by atoms with E-state index in [0.29, 0.717) is 10.8 Å². The number of hydrogen-bond donors (Lipinski definition) is 4. The molecule has 4 N–H and O–H groups in total. The van der Waals surface area contributed by atoms with Crippen molar-refractivity contribution < 1.29 is 38.3 Å². The summed E-state index contributed by atoms with van der Waals surface area (Å²) in [7, 11) is 0. The molecule has 0 radical (unpaired) electrons. The van der Waals surface area contributed by atoms with Crippen molar-refractivity contribution >= 4 is 41.9 Å². The largest absolute Gasteiger partial charge is 0.462 e. The van der Waals surface area contributed by atoms with Crippen LogP contribution in [0, 0.1) is 12.3 Å². The number of halogens is 1. The van der Waals surface area contributed by atoms with Crippen LogP contribution in [0.2, 0.25) is 5.02 Å². The summed E-state index contributed by atoms with van der Waals surface area (Å²) in [6.45, 7) is 4.80. The molecule has 1 aromatic carbocycles. The summed E-state index contributed by atoms with van der Waals surface area (Å²) in [6.07, 6.45) is 3.59. The summed E-state index contributed by atoms with van der Waals surface area (Å²) in [5.74, 6) is 1.56. The number of carbonyl (C=O) groups excluding carboxylic acids is 2. The predicted molar refractivity (Wildman–Crippen MR) is 143 cm³/mol. The maximum absolute atomic E-state index is 12.4. The van der Waals surface area contributed by atoms with Crippen molar-refractivity contribution in [3.05, 3.63) is 54.0 Å². The molecule has 1 saturated heterocycles. The van der Waals surface area contributed by atoms with Gasteiger partial charge in [-0.25, -0.2) is 5.09 Å². The maximum Gasteiger partial charge on any atom is 0.323 e. The average molecular weight is 586 g/mol. The SMILES string of the molecule is C#C[C@@]1(O)[C@H](O)[C@@H](COP(=S)(N[C@@H](C)C(=O)OC(C)C)Oc2ccc(Cl)cc2)O[C@H]1N1C=CC(=O)NC1=C. The number of benzene rings is 1. The molecule has 1 unspecified atom stereocenters. The van der Waals surface area contributed by atoms with Gasteiger partial charge in [0, 0.05) is 17.3 Å². The number of nitrogens with one attached hydrogen (secondary N) is 2. The van der Waals surface area contributed by atoms with E-state index in [0.717, 1.165) is 0 Å². The van der Waals surface area contributed by atoms with E-state index in [4.69, 9.17) is 48.4 Å². The quantitative estimate of drug-likeness (QED) is 0.181. The Balaban J connectivity index is 1.81. The third-order valence-electron chi connectivity index (χ3n) is 5.44. The minimum atomic E-state index is -3.50. The first-order valence-corrected chi connectivity index (χ1v) is 14.5. The molecule has 38 heavy (non-hydrogen) atoms. The molecule has 206 valence electrons. The van der Waals surface area contributed by atoms with Crippen LogP contribution in [0.25, 0.3) is 0 Å². The summed E-state index contributed by atoms with van der Waals surface area (Å²) in [5.41, 5.74) is -2.20. The van der Waals surface area contributed by atoms with E-state index in [1.807, 2.05) is 0 Å². The van der Waals surface area contributed by atoms with Gasteiger partial charge in [-0.3, -0.25) is 9.59 Å². The van der Waals surface area contributed by atoms with E-state index in [-0.39, 0.29) is 18.5 Å². The lowest BCUT2D eigenvalue weighted by molar-refractivity contribution is -0.149. The van der Waals surface area contributed by atoms with Crippen LogP contribution in [0.4, 0.5) is 0 Å². The number of rotatable bonds is 10. The molecule has 0 aliphatic carbocycles. The zero-order chi connectivity index (χ0) is 28.3. The summed E-state index contributed by atoms with van der Waals surface area (Å²) >= 11 is 11.6. The van der Waals surface area contributed by atoms with Crippen LogP contribution in [0.5, 0.6) is 5.75 Å². The number of aliphatic hydroxyl groups excluding tert-OH is 1. The second-order valence-corrected chi connectivity index (χ2v) is 12.3. The lowest BCUT2D eigenvalue weighted by atomic mass is 9.94. The second kappa shape index (κ2) is 12.2. The molecule has 3 rings (SSSR count). The van der Waals surface area contributed by atoms with Crippen molar-refractivity contribution in [1.29, 1.82) is 0 Å². The van der Waals surface area contributed by atoms with Gasteiger partial charge < -0.3 is 39.0 Å². The Labute approximate surface area is 230 Å². The van der Waals surface area contributed by atoms with Gasteiger partial charge in [-0.05, 0) is 56.8 Å². The van der Waals surface area contributed by atoms with Crippen LogP contribution in [0.3, 0.4) is 0 Å². The Morgan fingerprint density at radius 3 is 2.66 bits per heavy atom. The molecule has 14 heteroatoms. The lowest BCUT2D eigenvalue weighted by Gasteiger charge is -2.36. The molecular formula is C24H29ClN3O8PS. The molecule has 0 bridgehead atoms. The highest BCUT2D eigenvalue weighted by atomic mass is 35.5. The van der Waals surface area contributed by atoms with Crippen molar-refractivity contribution in [2.75, 3.05) is 6.61 Å². The fraction of sp³-hybridized carbons (Fsp3) is 0.417. The van der Waals surface area contributed by atoms with Crippen molar-refractivity contribution in [3.8, 4) is 18.1 Å². The highest BCUT2D eigenvalue weighted by Gasteiger charge is 2.57. The van der Waals surface area contributed by atoms with Crippen molar-refractivity contribution in [2.24, 2.45) is 0 Å².